The van der Waals surface area contributed by atoms with Gasteiger partial charge in [-0.05, 0) is 47.3 Å². The van der Waals surface area contributed by atoms with Crippen molar-refractivity contribution in [3.8, 4) is 0 Å². The number of halogens is 1. The summed E-state index contributed by atoms with van der Waals surface area (Å²) in [5.41, 5.74) is 6.84. The van der Waals surface area contributed by atoms with E-state index in [0.717, 1.165) is 36.1 Å². The Bertz CT molecular complexity index is 453. The maximum atomic E-state index is 10.7. The van der Waals surface area contributed by atoms with E-state index in [0.29, 0.717) is 12.5 Å². The van der Waals surface area contributed by atoms with Crippen LogP contribution in [0.1, 0.15) is 12.8 Å². The Balaban J connectivity index is 2.20. The van der Waals surface area contributed by atoms with Crippen LogP contribution in [-0.4, -0.2) is 24.6 Å². The Morgan fingerprint density at radius 3 is 2.94 bits per heavy atom. The Hall–Kier alpha value is -1.14. The fourth-order valence-electron chi connectivity index (χ4n) is 2.34. The van der Waals surface area contributed by atoms with Crippen molar-refractivity contribution in [2.24, 2.45) is 11.7 Å². The van der Waals surface area contributed by atoms with Gasteiger partial charge in [-0.15, -0.1) is 0 Å². The number of rotatable bonds is 3. The molecule has 1 aliphatic heterocycles. The normalized spacial score (nSPS) is 19.9. The third-order valence-corrected chi connectivity index (χ3v) is 3.97. The zero-order valence-corrected chi connectivity index (χ0v) is 11.6. The van der Waals surface area contributed by atoms with Gasteiger partial charge in [-0.25, -0.2) is 0 Å². The SMILES string of the molecule is NCC1CCCN(c2ccc([N+](=O)[O-])cc2Br)C1. The molecule has 1 aliphatic rings. The van der Waals surface area contributed by atoms with Gasteiger partial charge in [0.2, 0.25) is 0 Å². The van der Waals surface area contributed by atoms with Crippen molar-refractivity contribution in [1.82, 2.24) is 0 Å². The minimum Gasteiger partial charge on any atom is -0.370 e. The fourth-order valence-corrected chi connectivity index (χ4v) is 2.96. The number of hydrogen-bond donors (Lipinski definition) is 1. The smallest absolute Gasteiger partial charge is 0.270 e. The molecule has 5 nitrogen and oxygen atoms in total. The van der Waals surface area contributed by atoms with Crippen LogP contribution in [0.5, 0.6) is 0 Å². The molecule has 0 amide bonds. The Morgan fingerprint density at radius 1 is 1.56 bits per heavy atom. The lowest BCUT2D eigenvalue weighted by Crippen LogP contribution is -2.38. The zero-order valence-electron chi connectivity index (χ0n) is 10.0. The standard InChI is InChI=1S/C12H16BrN3O2/c13-11-6-10(16(17)18)3-4-12(11)15-5-1-2-9(7-14)8-15/h3-4,6,9H,1-2,5,7-8,14H2. The number of nitro benzene ring substituents is 1. The molecule has 0 spiro atoms. The van der Waals surface area contributed by atoms with Gasteiger partial charge in [0.1, 0.15) is 0 Å². The van der Waals surface area contributed by atoms with Gasteiger partial charge in [0.15, 0.2) is 0 Å². The summed E-state index contributed by atoms with van der Waals surface area (Å²) in [7, 11) is 0. The van der Waals surface area contributed by atoms with Crippen LogP contribution in [0, 0.1) is 16.0 Å². The lowest BCUT2D eigenvalue weighted by molar-refractivity contribution is -0.384. The first-order valence-electron chi connectivity index (χ1n) is 6.00. The second-order valence-corrected chi connectivity index (χ2v) is 5.44. The Morgan fingerprint density at radius 2 is 2.33 bits per heavy atom. The van der Waals surface area contributed by atoms with Gasteiger partial charge in [-0.3, -0.25) is 10.1 Å². The molecule has 1 saturated heterocycles. The van der Waals surface area contributed by atoms with Crippen LogP contribution in [-0.2, 0) is 0 Å². The first-order chi connectivity index (χ1) is 8.61. The average Bonchev–Trinajstić information content (AvgIpc) is 2.38. The van der Waals surface area contributed by atoms with Gasteiger partial charge >= 0.3 is 0 Å². The van der Waals surface area contributed by atoms with Crippen molar-refractivity contribution in [2.45, 2.75) is 12.8 Å². The summed E-state index contributed by atoms with van der Waals surface area (Å²) in [5, 5.41) is 10.7. The van der Waals surface area contributed by atoms with Crippen molar-refractivity contribution in [3.05, 3.63) is 32.8 Å². The van der Waals surface area contributed by atoms with E-state index in [1.165, 1.54) is 0 Å². The molecule has 0 saturated carbocycles. The third kappa shape index (κ3) is 2.81. The second kappa shape index (κ2) is 5.67. The summed E-state index contributed by atoms with van der Waals surface area (Å²) >= 11 is 3.42. The number of hydrogen-bond acceptors (Lipinski definition) is 4. The largest absolute Gasteiger partial charge is 0.370 e. The lowest BCUT2D eigenvalue weighted by atomic mass is 9.98. The van der Waals surface area contributed by atoms with E-state index in [1.54, 1.807) is 18.2 Å². The molecule has 1 aromatic rings. The molecular formula is C12H16BrN3O2. The van der Waals surface area contributed by atoms with Gasteiger partial charge < -0.3 is 10.6 Å². The number of benzene rings is 1. The van der Waals surface area contributed by atoms with Gasteiger partial charge in [0.25, 0.3) is 5.69 Å². The van der Waals surface area contributed by atoms with Crippen LogP contribution in [0.15, 0.2) is 22.7 Å². The molecule has 2 rings (SSSR count). The molecule has 0 aromatic heterocycles. The van der Waals surface area contributed by atoms with E-state index in [9.17, 15) is 10.1 Å². The van der Waals surface area contributed by atoms with Crippen LogP contribution < -0.4 is 10.6 Å². The van der Waals surface area contributed by atoms with E-state index < -0.39 is 0 Å². The molecule has 1 aromatic carbocycles. The maximum absolute atomic E-state index is 10.7. The molecule has 6 heteroatoms. The van der Waals surface area contributed by atoms with Crippen LogP contribution in [0.2, 0.25) is 0 Å². The minimum atomic E-state index is -0.382. The predicted molar refractivity (Wildman–Crippen MR) is 74.8 cm³/mol. The molecule has 1 heterocycles. The Labute approximate surface area is 114 Å². The van der Waals surface area contributed by atoms with Gasteiger partial charge in [0, 0.05) is 29.7 Å². The molecule has 1 atom stereocenters. The summed E-state index contributed by atoms with van der Waals surface area (Å²) in [4.78, 5) is 12.6. The molecule has 0 radical (unpaired) electrons. The van der Waals surface area contributed by atoms with E-state index in [4.69, 9.17) is 5.73 Å². The highest BCUT2D eigenvalue weighted by Crippen LogP contribution is 2.32. The van der Waals surface area contributed by atoms with Crippen molar-refractivity contribution < 1.29 is 4.92 Å². The highest BCUT2D eigenvalue weighted by molar-refractivity contribution is 9.10. The van der Waals surface area contributed by atoms with Crippen molar-refractivity contribution in [2.75, 3.05) is 24.5 Å². The van der Waals surface area contributed by atoms with Gasteiger partial charge in [-0.2, -0.15) is 0 Å². The highest BCUT2D eigenvalue weighted by Gasteiger charge is 2.21. The van der Waals surface area contributed by atoms with Crippen LogP contribution in [0.25, 0.3) is 0 Å². The molecular weight excluding hydrogens is 298 g/mol. The quantitative estimate of drug-likeness (QED) is 0.687. The van der Waals surface area contributed by atoms with E-state index >= 15 is 0 Å². The first kappa shape index (κ1) is 13.3. The van der Waals surface area contributed by atoms with Crippen LogP contribution in [0.3, 0.4) is 0 Å². The van der Waals surface area contributed by atoms with Gasteiger partial charge in [0.05, 0.1) is 10.6 Å². The first-order valence-corrected chi connectivity index (χ1v) is 6.80. The summed E-state index contributed by atoms with van der Waals surface area (Å²) in [6.07, 6.45) is 2.28. The van der Waals surface area contributed by atoms with Crippen LogP contribution in [0.4, 0.5) is 11.4 Å². The topological polar surface area (TPSA) is 72.4 Å². The lowest BCUT2D eigenvalue weighted by Gasteiger charge is -2.34. The molecule has 1 fully saturated rings. The van der Waals surface area contributed by atoms with Gasteiger partial charge in [-0.1, -0.05) is 0 Å². The van der Waals surface area contributed by atoms with E-state index in [2.05, 4.69) is 20.8 Å². The van der Waals surface area contributed by atoms with E-state index in [1.807, 2.05) is 0 Å². The van der Waals surface area contributed by atoms with Crippen molar-refractivity contribution in [3.63, 3.8) is 0 Å². The molecule has 18 heavy (non-hydrogen) atoms. The third-order valence-electron chi connectivity index (χ3n) is 3.34. The van der Waals surface area contributed by atoms with Crippen molar-refractivity contribution >= 4 is 27.3 Å². The summed E-state index contributed by atoms with van der Waals surface area (Å²) < 4.78 is 0.773. The molecule has 98 valence electrons. The minimum absolute atomic E-state index is 0.109. The van der Waals surface area contributed by atoms with Crippen LogP contribution >= 0.6 is 15.9 Å². The molecule has 0 aliphatic carbocycles. The van der Waals surface area contributed by atoms with E-state index in [-0.39, 0.29) is 10.6 Å². The number of non-ortho nitro benzene ring substituents is 1. The summed E-state index contributed by atoms with van der Waals surface area (Å²) in [6.45, 7) is 2.60. The number of piperidine rings is 1. The zero-order chi connectivity index (χ0) is 13.1. The summed E-state index contributed by atoms with van der Waals surface area (Å²) in [5.74, 6) is 0.515. The highest BCUT2D eigenvalue weighted by atomic mass is 79.9. The average molecular weight is 314 g/mol. The predicted octanol–water partition coefficient (Wildman–Crippen LogP) is 2.53. The number of nitrogens with two attached hydrogens (primary N) is 1. The number of nitro groups is 1. The fraction of sp³-hybridized carbons (Fsp3) is 0.500. The monoisotopic (exact) mass is 313 g/mol. The Kier molecular flexibility index (Phi) is 4.19. The molecule has 0 bridgehead atoms. The molecule has 2 N–H and O–H groups in total. The van der Waals surface area contributed by atoms with Crippen molar-refractivity contribution in [1.29, 1.82) is 0 Å². The molecule has 1 unspecified atom stereocenters. The summed E-state index contributed by atoms with van der Waals surface area (Å²) in [6, 6.07) is 4.91. The number of nitrogens with zero attached hydrogens (tertiary/aromatic N) is 2. The maximum Gasteiger partial charge on any atom is 0.270 e. The number of anilines is 1. The second-order valence-electron chi connectivity index (χ2n) is 4.58.